The summed E-state index contributed by atoms with van der Waals surface area (Å²) in [6.07, 6.45) is 11.5. The van der Waals surface area contributed by atoms with E-state index in [0.29, 0.717) is 29.3 Å². The summed E-state index contributed by atoms with van der Waals surface area (Å²) in [6, 6.07) is 1.35. The van der Waals surface area contributed by atoms with Gasteiger partial charge in [-0.3, -0.25) is 0 Å². The Balaban J connectivity index is 1.49. The lowest BCUT2D eigenvalue weighted by Gasteiger charge is -2.60. The van der Waals surface area contributed by atoms with Gasteiger partial charge in [-0.25, -0.2) is 0 Å². The standard InChI is InChI=1S/C24H40N2O/c1-15-19-8-9-20-18-7-6-16-12-17(25(3)4)10-11-23(16,2)21(18)13-22(27)24(19,20)14-26(15)5/h6,15,17-22,27H,7-14H2,1-5H3/t15-,17-,18-,19-,20+,21-,22+,23-,24-/m0/s1. The van der Waals surface area contributed by atoms with Crippen LogP contribution < -0.4 is 0 Å². The van der Waals surface area contributed by atoms with Crippen LogP contribution in [0.1, 0.15) is 58.8 Å². The Morgan fingerprint density at radius 1 is 1.15 bits per heavy atom. The fourth-order valence-corrected chi connectivity index (χ4v) is 8.84. The van der Waals surface area contributed by atoms with Gasteiger partial charge in [-0.15, -0.1) is 0 Å². The third kappa shape index (κ3) is 2.31. The maximum atomic E-state index is 11.6. The molecule has 0 aromatic heterocycles. The smallest absolute Gasteiger partial charge is 0.0617 e. The highest BCUT2D eigenvalue weighted by Gasteiger charge is 2.67. The number of rotatable bonds is 1. The van der Waals surface area contributed by atoms with Crippen molar-refractivity contribution in [1.82, 2.24) is 9.80 Å². The molecule has 0 bridgehead atoms. The molecule has 4 fully saturated rings. The first kappa shape index (κ1) is 18.6. The van der Waals surface area contributed by atoms with E-state index < -0.39 is 0 Å². The van der Waals surface area contributed by atoms with Crippen molar-refractivity contribution in [3.63, 3.8) is 0 Å². The van der Waals surface area contributed by atoms with E-state index >= 15 is 0 Å². The maximum Gasteiger partial charge on any atom is 0.0617 e. The highest BCUT2D eigenvalue weighted by Crippen LogP contribution is 2.68. The molecule has 152 valence electrons. The Hall–Kier alpha value is -0.380. The molecule has 4 aliphatic carbocycles. The van der Waals surface area contributed by atoms with Crippen LogP contribution in [0.25, 0.3) is 0 Å². The van der Waals surface area contributed by atoms with Crippen molar-refractivity contribution in [2.24, 2.45) is 34.5 Å². The monoisotopic (exact) mass is 372 g/mol. The highest BCUT2D eigenvalue weighted by molar-refractivity contribution is 5.27. The summed E-state index contributed by atoms with van der Waals surface area (Å²) in [6.45, 7) is 6.09. The highest BCUT2D eigenvalue weighted by atomic mass is 16.3. The first-order valence-electron chi connectivity index (χ1n) is 11.5. The summed E-state index contributed by atoms with van der Waals surface area (Å²) < 4.78 is 0. The van der Waals surface area contributed by atoms with E-state index in [1.165, 1.54) is 38.5 Å². The van der Waals surface area contributed by atoms with E-state index in [0.717, 1.165) is 24.8 Å². The predicted molar refractivity (Wildman–Crippen MR) is 110 cm³/mol. The average molecular weight is 373 g/mol. The first-order chi connectivity index (χ1) is 12.8. The van der Waals surface area contributed by atoms with Crippen molar-refractivity contribution in [3.8, 4) is 0 Å². The number of hydrogen-bond donors (Lipinski definition) is 1. The van der Waals surface area contributed by atoms with Crippen LogP contribution in [0.3, 0.4) is 0 Å². The van der Waals surface area contributed by atoms with E-state index in [9.17, 15) is 5.11 Å². The van der Waals surface area contributed by atoms with E-state index in [1.807, 2.05) is 0 Å². The van der Waals surface area contributed by atoms with Crippen molar-refractivity contribution in [1.29, 1.82) is 0 Å². The van der Waals surface area contributed by atoms with Crippen molar-refractivity contribution in [2.75, 3.05) is 27.7 Å². The second-order valence-corrected chi connectivity index (χ2v) is 11.3. The Labute approximate surface area is 166 Å². The lowest BCUT2D eigenvalue weighted by Crippen LogP contribution is -2.58. The summed E-state index contributed by atoms with van der Waals surface area (Å²) in [5.74, 6) is 2.96. The molecule has 0 aromatic carbocycles. The Morgan fingerprint density at radius 2 is 1.89 bits per heavy atom. The van der Waals surface area contributed by atoms with E-state index in [2.05, 4.69) is 50.9 Å². The molecule has 0 aromatic rings. The van der Waals surface area contributed by atoms with Gasteiger partial charge in [0.2, 0.25) is 0 Å². The van der Waals surface area contributed by atoms with Crippen LogP contribution in [0, 0.1) is 34.5 Å². The molecular formula is C24H40N2O. The number of aliphatic hydroxyl groups excluding tert-OH is 1. The van der Waals surface area contributed by atoms with Crippen LogP contribution in [0.15, 0.2) is 11.6 Å². The summed E-state index contributed by atoms with van der Waals surface area (Å²) in [5.41, 5.74) is 2.26. The second kappa shape index (κ2) is 6.06. The van der Waals surface area contributed by atoms with Gasteiger partial charge in [0.1, 0.15) is 0 Å². The fraction of sp³-hybridized carbons (Fsp3) is 0.917. The molecule has 1 N–H and O–H groups in total. The van der Waals surface area contributed by atoms with Crippen LogP contribution in [0.2, 0.25) is 0 Å². The number of allylic oxidation sites excluding steroid dienone is 1. The average Bonchev–Trinajstić information content (AvgIpc) is 3.12. The van der Waals surface area contributed by atoms with Crippen molar-refractivity contribution in [2.45, 2.75) is 77.0 Å². The van der Waals surface area contributed by atoms with E-state index in [-0.39, 0.29) is 11.5 Å². The molecule has 3 saturated carbocycles. The number of hydrogen-bond acceptors (Lipinski definition) is 3. The number of nitrogens with zero attached hydrogens (tertiary/aromatic N) is 2. The van der Waals surface area contributed by atoms with Crippen LogP contribution >= 0.6 is 0 Å². The molecule has 0 amide bonds. The summed E-state index contributed by atoms with van der Waals surface area (Å²) in [7, 11) is 6.77. The van der Waals surface area contributed by atoms with Gasteiger partial charge in [0.15, 0.2) is 0 Å². The lowest BCUT2D eigenvalue weighted by molar-refractivity contribution is -0.125. The molecule has 1 spiro atoms. The van der Waals surface area contributed by atoms with Gasteiger partial charge in [0.25, 0.3) is 0 Å². The van der Waals surface area contributed by atoms with Gasteiger partial charge in [-0.05, 0) is 102 Å². The quantitative estimate of drug-likeness (QED) is 0.710. The molecule has 0 radical (unpaired) electrons. The van der Waals surface area contributed by atoms with E-state index in [1.54, 1.807) is 5.57 Å². The minimum atomic E-state index is -0.0913. The van der Waals surface area contributed by atoms with Gasteiger partial charge in [0, 0.05) is 24.0 Å². The minimum Gasteiger partial charge on any atom is -0.392 e. The molecule has 0 unspecified atom stereocenters. The SMILES string of the molecule is C[C@H]1[C@@H]2CC[C@@H]3[C@@H]4CC=C5C[C@@H](N(C)C)CC[C@]5(C)[C@H]4C[C@@H](O)[C@]32CN1C. The zero-order valence-corrected chi connectivity index (χ0v) is 18.1. The van der Waals surface area contributed by atoms with Gasteiger partial charge in [-0.2, -0.15) is 0 Å². The third-order valence-electron chi connectivity index (χ3n) is 10.5. The van der Waals surface area contributed by atoms with Crippen LogP contribution in [-0.4, -0.2) is 60.8 Å². The number of fused-ring (bicyclic) bond motifs is 4. The maximum absolute atomic E-state index is 11.6. The van der Waals surface area contributed by atoms with Gasteiger partial charge < -0.3 is 14.9 Å². The molecule has 5 rings (SSSR count). The minimum absolute atomic E-state index is 0.0913. The zero-order valence-electron chi connectivity index (χ0n) is 18.1. The number of aliphatic hydroxyl groups is 1. The molecule has 1 heterocycles. The zero-order chi connectivity index (χ0) is 19.1. The summed E-state index contributed by atoms with van der Waals surface area (Å²) in [5, 5.41) is 11.6. The molecule has 5 aliphatic rings. The third-order valence-corrected chi connectivity index (χ3v) is 10.5. The van der Waals surface area contributed by atoms with Crippen molar-refractivity contribution < 1.29 is 5.11 Å². The molecule has 1 aliphatic heterocycles. The van der Waals surface area contributed by atoms with Crippen molar-refractivity contribution in [3.05, 3.63) is 11.6 Å². The molecule has 3 nitrogen and oxygen atoms in total. The first-order valence-corrected chi connectivity index (χ1v) is 11.5. The number of likely N-dealkylation sites (tertiary alicyclic amines) is 1. The largest absolute Gasteiger partial charge is 0.392 e. The molecule has 3 heteroatoms. The van der Waals surface area contributed by atoms with Crippen LogP contribution in [0.5, 0.6) is 0 Å². The van der Waals surface area contributed by atoms with Crippen LogP contribution in [0.4, 0.5) is 0 Å². The summed E-state index contributed by atoms with van der Waals surface area (Å²) >= 11 is 0. The Bertz CT molecular complexity index is 644. The van der Waals surface area contributed by atoms with Gasteiger partial charge >= 0.3 is 0 Å². The molecule has 27 heavy (non-hydrogen) atoms. The predicted octanol–water partition coefficient (Wildman–Crippen LogP) is 3.78. The topological polar surface area (TPSA) is 26.7 Å². The van der Waals surface area contributed by atoms with E-state index in [4.69, 9.17) is 0 Å². The summed E-state index contributed by atoms with van der Waals surface area (Å²) in [4.78, 5) is 4.98. The van der Waals surface area contributed by atoms with Crippen LogP contribution in [-0.2, 0) is 0 Å². The fourth-order valence-electron chi connectivity index (χ4n) is 8.84. The lowest BCUT2D eigenvalue weighted by atomic mass is 9.46. The van der Waals surface area contributed by atoms with Gasteiger partial charge in [-0.1, -0.05) is 18.6 Å². The Morgan fingerprint density at radius 3 is 2.63 bits per heavy atom. The molecular weight excluding hydrogens is 332 g/mol. The van der Waals surface area contributed by atoms with Crippen molar-refractivity contribution >= 4 is 0 Å². The molecule has 1 saturated heterocycles. The molecule has 9 atom stereocenters. The Kier molecular flexibility index (Phi) is 4.18. The van der Waals surface area contributed by atoms with Gasteiger partial charge in [0.05, 0.1) is 6.10 Å². The second-order valence-electron chi connectivity index (χ2n) is 11.3. The normalized spacial score (nSPS) is 54.9.